The van der Waals surface area contributed by atoms with E-state index in [1.54, 1.807) is 0 Å². The van der Waals surface area contributed by atoms with Gasteiger partial charge < -0.3 is 20.1 Å². The Kier molecular flexibility index (Phi) is 5.27. The molecule has 5 nitrogen and oxygen atoms in total. The minimum absolute atomic E-state index is 0.130. The second kappa shape index (κ2) is 7.17. The van der Waals surface area contributed by atoms with E-state index in [1.807, 2.05) is 0 Å². The van der Waals surface area contributed by atoms with Crippen LogP contribution in [0.25, 0.3) is 0 Å². The highest BCUT2D eigenvalue weighted by Crippen LogP contribution is 2.09. The number of carboxylic acid groups (broad SMARTS) is 1. The number of amides is 1. The Labute approximate surface area is 122 Å². The van der Waals surface area contributed by atoms with Gasteiger partial charge in [-0.1, -0.05) is 0 Å². The molecule has 1 aliphatic heterocycles. The Morgan fingerprint density at radius 1 is 1.19 bits per heavy atom. The predicted octanol–water partition coefficient (Wildman–Crippen LogP) is -0.658. The molecule has 0 aliphatic carbocycles. The van der Waals surface area contributed by atoms with Crippen LogP contribution in [0.3, 0.4) is 0 Å². The number of carboxylic acids is 1. The SMILES string of the molecule is O=C(C[C@@H](C(=O)[O-])[NH+]1CCCCC1)Nc1ccc(F)cc1. The highest BCUT2D eigenvalue weighted by atomic mass is 19.1. The fourth-order valence-electron chi connectivity index (χ4n) is 2.68. The van der Waals surface area contributed by atoms with Gasteiger partial charge in [0.1, 0.15) is 11.9 Å². The molecule has 0 bridgehead atoms. The quantitative estimate of drug-likeness (QED) is 0.757. The summed E-state index contributed by atoms with van der Waals surface area (Å²) in [7, 11) is 0. The molecule has 1 aromatic carbocycles. The number of anilines is 1. The Morgan fingerprint density at radius 2 is 1.81 bits per heavy atom. The number of hydrogen-bond donors (Lipinski definition) is 2. The van der Waals surface area contributed by atoms with Crippen LogP contribution >= 0.6 is 0 Å². The molecule has 1 aromatic rings. The second-order valence-corrected chi connectivity index (χ2v) is 5.35. The summed E-state index contributed by atoms with van der Waals surface area (Å²) in [5, 5.41) is 13.9. The summed E-state index contributed by atoms with van der Waals surface area (Å²) in [4.78, 5) is 24.1. The van der Waals surface area contributed by atoms with Crippen molar-refractivity contribution in [2.75, 3.05) is 18.4 Å². The smallest absolute Gasteiger partial charge is 0.230 e. The maximum Gasteiger partial charge on any atom is 0.230 e. The molecular formula is C15H19FN2O3. The van der Waals surface area contributed by atoms with Gasteiger partial charge in [-0.2, -0.15) is 0 Å². The summed E-state index contributed by atoms with van der Waals surface area (Å²) < 4.78 is 12.8. The summed E-state index contributed by atoms with van der Waals surface area (Å²) in [6, 6.07) is 4.53. The van der Waals surface area contributed by atoms with E-state index in [9.17, 15) is 19.1 Å². The third-order valence-corrected chi connectivity index (χ3v) is 3.79. The fraction of sp³-hybridized carbons (Fsp3) is 0.467. The van der Waals surface area contributed by atoms with Crippen LogP contribution in [0, 0.1) is 5.82 Å². The molecule has 2 rings (SSSR count). The van der Waals surface area contributed by atoms with Crippen molar-refractivity contribution in [3.63, 3.8) is 0 Å². The molecule has 1 heterocycles. The number of carbonyl (C=O) groups excluding carboxylic acids is 2. The zero-order valence-electron chi connectivity index (χ0n) is 11.7. The molecule has 6 heteroatoms. The maximum atomic E-state index is 12.8. The molecule has 2 N–H and O–H groups in total. The molecule has 21 heavy (non-hydrogen) atoms. The molecule has 1 aliphatic rings. The Hall–Kier alpha value is -1.95. The maximum absolute atomic E-state index is 12.8. The van der Waals surface area contributed by atoms with Crippen molar-refractivity contribution in [2.45, 2.75) is 31.7 Å². The molecule has 114 valence electrons. The average Bonchev–Trinajstić information content (AvgIpc) is 2.48. The first-order valence-electron chi connectivity index (χ1n) is 7.17. The van der Waals surface area contributed by atoms with Gasteiger partial charge in [0.25, 0.3) is 0 Å². The van der Waals surface area contributed by atoms with E-state index in [2.05, 4.69) is 5.32 Å². The molecule has 1 saturated heterocycles. The van der Waals surface area contributed by atoms with Gasteiger partial charge >= 0.3 is 0 Å². The van der Waals surface area contributed by atoms with Crippen LogP contribution in [0.5, 0.6) is 0 Å². The molecule has 1 amide bonds. The number of carbonyl (C=O) groups is 2. The van der Waals surface area contributed by atoms with E-state index in [-0.39, 0.29) is 6.42 Å². The van der Waals surface area contributed by atoms with E-state index in [4.69, 9.17) is 0 Å². The normalized spacial score (nSPS) is 17.2. The molecule has 1 atom stereocenters. The number of piperidine rings is 1. The van der Waals surface area contributed by atoms with Crippen molar-refractivity contribution in [1.82, 2.24) is 0 Å². The summed E-state index contributed by atoms with van der Waals surface area (Å²) >= 11 is 0. The number of likely N-dealkylation sites (tertiary alicyclic amines) is 1. The topological polar surface area (TPSA) is 73.7 Å². The molecule has 0 radical (unpaired) electrons. The van der Waals surface area contributed by atoms with Gasteiger partial charge in [-0.05, 0) is 43.5 Å². The van der Waals surface area contributed by atoms with Crippen molar-refractivity contribution >= 4 is 17.6 Å². The number of hydrogen-bond acceptors (Lipinski definition) is 3. The molecule has 0 spiro atoms. The average molecular weight is 294 g/mol. The van der Waals surface area contributed by atoms with Gasteiger partial charge in [-0.25, -0.2) is 4.39 Å². The van der Waals surface area contributed by atoms with Crippen LogP contribution in [0.2, 0.25) is 0 Å². The van der Waals surface area contributed by atoms with Crippen molar-refractivity contribution in [3.8, 4) is 0 Å². The highest BCUT2D eigenvalue weighted by molar-refractivity contribution is 5.93. The zero-order chi connectivity index (χ0) is 15.2. The summed E-state index contributed by atoms with van der Waals surface area (Å²) in [6.07, 6.45) is 2.91. The number of nitrogens with one attached hydrogen (secondary N) is 2. The van der Waals surface area contributed by atoms with Crippen LogP contribution in [0.15, 0.2) is 24.3 Å². The van der Waals surface area contributed by atoms with E-state index < -0.39 is 23.7 Å². The Bertz CT molecular complexity index is 498. The Morgan fingerprint density at radius 3 is 2.38 bits per heavy atom. The molecule has 0 saturated carbocycles. The van der Waals surface area contributed by atoms with Gasteiger partial charge in [-0.15, -0.1) is 0 Å². The van der Waals surface area contributed by atoms with Crippen molar-refractivity contribution in [3.05, 3.63) is 30.1 Å². The molecule has 1 fully saturated rings. The lowest BCUT2D eigenvalue weighted by atomic mass is 10.1. The lowest BCUT2D eigenvalue weighted by molar-refractivity contribution is -0.922. The van der Waals surface area contributed by atoms with Crippen LogP contribution in [0.4, 0.5) is 10.1 Å². The third kappa shape index (κ3) is 4.53. The minimum atomic E-state index is -1.19. The molecule has 0 aromatic heterocycles. The number of quaternary nitrogens is 1. The van der Waals surface area contributed by atoms with Gasteiger partial charge in [0.2, 0.25) is 5.91 Å². The molecular weight excluding hydrogens is 275 g/mol. The number of benzene rings is 1. The summed E-state index contributed by atoms with van der Waals surface area (Å²) in [5.41, 5.74) is 0.451. The Balaban J connectivity index is 1.94. The lowest BCUT2D eigenvalue weighted by Crippen LogP contribution is -3.18. The van der Waals surface area contributed by atoms with Gasteiger partial charge in [0, 0.05) is 5.69 Å². The first-order valence-corrected chi connectivity index (χ1v) is 7.17. The van der Waals surface area contributed by atoms with E-state index in [0.717, 1.165) is 37.3 Å². The fourth-order valence-corrected chi connectivity index (χ4v) is 2.68. The van der Waals surface area contributed by atoms with E-state index >= 15 is 0 Å². The van der Waals surface area contributed by atoms with Crippen LogP contribution < -0.4 is 15.3 Å². The number of aliphatic carboxylic acids is 1. The van der Waals surface area contributed by atoms with Crippen LogP contribution in [-0.2, 0) is 9.59 Å². The van der Waals surface area contributed by atoms with Gasteiger partial charge in [-0.3, -0.25) is 4.79 Å². The first-order chi connectivity index (χ1) is 10.1. The van der Waals surface area contributed by atoms with Crippen LogP contribution in [-0.4, -0.2) is 31.0 Å². The highest BCUT2D eigenvalue weighted by Gasteiger charge is 2.27. The van der Waals surface area contributed by atoms with Crippen LogP contribution in [0.1, 0.15) is 25.7 Å². The van der Waals surface area contributed by atoms with E-state index in [0.29, 0.717) is 5.69 Å². The van der Waals surface area contributed by atoms with Crippen molar-refractivity contribution in [1.29, 1.82) is 0 Å². The third-order valence-electron chi connectivity index (χ3n) is 3.79. The second-order valence-electron chi connectivity index (χ2n) is 5.35. The largest absolute Gasteiger partial charge is 0.544 e. The first kappa shape index (κ1) is 15.4. The minimum Gasteiger partial charge on any atom is -0.544 e. The summed E-state index contributed by atoms with van der Waals surface area (Å²) in [5.74, 6) is -1.98. The standard InChI is InChI=1S/C15H19FN2O3/c16-11-4-6-12(7-5-11)17-14(19)10-13(15(20)21)18-8-2-1-3-9-18/h4-7,13H,1-3,8-10H2,(H,17,19)(H,20,21)/t13-/m0/s1. The molecule has 0 unspecified atom stereocenters. The lowest BCUT2D eigenvalue weighted by Gasteiger charge is -2.31. The van der Waals surface area contributed by atoms with Crippen molar-refractivity contribution in [2.24, 2.45) is 0 Å². The van der Waals surface area contributed by atoms with Crippen molar-refractivity contribution < 1.29 is 24.0 Å². The zero-order valence-corrected chi connectivity index (χ0v) is 11.7. The summed E-state index contributed by atoms with van der Waals surface area (Å²) in [6.45, 7) is 1.50. The van der Waals surface area contributed by atoms with E-state index in [1.165, 1.54) is 24.3 Å². The monoisotopic (exact) mass is 294 g/mol. The number of halogens is 1. The number of rotatable bonds is 5. The predicted molar refractivity (Wildman–Crippen MR) is 73.0 cm³/mol. The van der Waals surface area contributed by atoms with Gasteiger partial charge in [0.05, 0.1) is 25.5 Å². The van der Waals surface area contributed by atoms with Gasteiger partial charge in [0.15, 0.2) is 0 Å².